The minimum absolute atomic E-state index is 0.205. The van der Waals surface area contributed by atoms with E-state index in [0.717, 1.165) is 16.9 Å². The maximum Gasteiger partial charge on any atom is 0.336 e. The molecule has 0 amide bonds. The van der Waals surface area contributed by atoms with Crippen molar-refractivity contribution < 1.29 is 9.90 Å². The fourth-order valence-corrected chi connectivity index (χ4v) is 3.55. The fourth-order valence-electron chi connectivity index (χ4n) is 2.86. The van der Waals surface area contributed by atoms with Gasteiger partial charge in [0, 0.05) is 5.56 Å². The van der Waals surface area contributed by atoms with Gasteiger partial charge in [-0.2, -0.15) is 5.10 Å². The number of rotatable bonds is 4. The standard InChI is InChI=1S/C19H15N3O2S/c1-2-11-5-7-12(8-6-11)17-16-13(19(23)24)10-14(15-4-3-9-25-15)20-18(16)22-21-17/h3-10H,2H2,1H3,(H,23,24)(H,20,21,22). The van der Waals surface area contributed by atoms with Gasteiger partial charge in [-0.1, -0.05) is 37.3 Å². The molecule has 0 aliphatic carbocycles. The minimum atomic E-state index is -0.988. The highest BCUT2D eigenvalue weighted by Gasteiger charge is 2.19. The van der Waals surface area contributed by atoms with Crippen molar-refractivity contribution in [2.24, 2.45) is 0 Å². The summed E-state index contributed by atoms with van der Waals surface area (Å²) < 4.78 is 0. The van der Waals surface area contributed by atoms with Gasteiger partial charge in [-0.05, 0) is 29.5 Å². The van der Waals surface area contributed by atoms with E-state index in [-0.39, 0.29) is 5.56 Å². The monoisotopic (exact) mass is 349 g/mol. The average Bonchev–Trinajstić information content (AvgIpc) is 3.30. The largest absolute Gasteiger partial charge is 0.478 e. The van der Waals surface area contributed by atoms with Crippen LogP contribution in [0.3, 0.4) is 0 Å². The number of aromatic carboxylic acids is 1. The normalized spacial score (nSPS) is 11.1. The van der Waals surface area contributed by atoms with Gasteiger partial charge in [0.15, 0.2) is 5.65 Å². The van der Waals surface area contributed by atoms with Gasteiger partial charge in [-0.15, -0.1) is 11.3 Å². The fraction of sp³-hybridized carbons (Fsp3) is 0.105. The zero-order valence-corrected chi connectivity index (χ0v) is 14.3. The number of carboxylic acid groups (broad SMARTS) is 1. The molecule has 0 bridgehead atoms. The summed E-state index contributed by atoms with van der Waals surface area (Å²) in [4.78, 5) is 17.3. The van der Waals surface area contributed by atoms with Crippen molar-refractivity contribution in [3.05, 3.63) is 59.0 Å². The molecule has 25 heavy (non-hydrogen) atoms. The molecule has 3 heterocycles. The van der Waals surface area contributed by atoms with E-state index in [1.807, 2.05) is 41.8 Å². The van der Waals surface area contributed by atoms with E-state index in [0.29, 0.717) is 22.4 Å². The zero-order valence-electron chi connectivity index (χ0n) is 13.5. The second-order valence-electron chi connectivity index (χ2n) is 5.69. The van der Waals surface area contributed by atoms with Gasteiger partial charge in [0.25, 0.3) is 0 Å². The second kappa shape index (κ2) is 6.14. The molecule has 6 heteroatoms. The first kappa shape index (κ1) is 15.5. The first-order valence-corrected chi connectivity index (χ1v) is 8.81. The molecule has 0 aliphatic heterocycles. The number of nitrogens with one attached hydrogen (secondary N) is 1. The molecule has 0 fully saturated rings. The number of hydrogen-bond donors (Lipinski definition) is 2. The van der Waals surface area contributed by atoms with Crippen molar-refractivity contribution in [3.63, 3.8) is 0 Å². The highest BCUT2D eigenvalue weighted by Crippen LogP contribution is 2.32. The third-order valence-electron chi connectivity index (χ3n) is 4.18. The summed E-state index contributed by atoms with van der Waals surface area (Å²) in [5, 5.41) is 19.4. The molecular weight excluding hydrogens is 334 g/mol. The van der Waals surface area contributed by atoms with Gasteiger partial charge in [0.05, 0.1) is 27.2 Å². The lowest BCUT2D eigenvalue weighted by Gasteiger charge is -2.05. The Labute approximate surface area is 148 Å². The number of carboxylic acids is 1. The predicted molar refractivity (Wildman–Crippen MR) is 99.0 cm³/mol. The van der Waals surface area contributed by atoms with Gasteiger partial charge in [-0.25, -0.2) is 9.78 Å². The summed E-state index contributed by atoms with van der Waals surface area (Å²) >= 11 is 1.52. The van der Waals surface area contributed by atoms with Gasteiger partial charge in [-0.3, -0.25) is 5.10 Å². The third kappa shape index (κ3) is 2.70. The van der Waals surface area contributed by atoms with Crippen molar-refractivity contribution >= 4 is 28.3 Å². The summed E-state index contributed by atoms with van der Waals surface area (Å²) in [5.74, 6) is -0.988. The molecule has 0 saturated carbocycles. The molecule has 0 unspecified atom stereocenters. The number of thiophene rings is 1. The number of aryl methyl sites for hydroxylation is 1. The van der Waals surface area contributed by atoms with Crippen molar-refractivity contribution in [1.82, 2.24) is 15.2 Å². The van der Waals surface area contributed by atoms with E-state index >= 15 is 0 Å². The van der Waals surface area contributed by atoms with Crippen LogP contribution in [0.15, 0.2) is 47.8 Å². The lowest BCUT2D eigenvalue weighted by atomic mass is 10.0. The summed E-state index contributed by atoms with van der Waals surface area (Å²) in [5.41, 5.74) is 4.05. The van der Waals surface area contributed by atoms with Gasteiger partial charge in [0.1, 0.15) is 0 Å². The van der Waals surface area contributed by atoms with Crippen LogP contribution in [0.25, 0.3) is 32.9 Å². The van der Waals surface area contributed by atoms with Crippen molar-refractivity contribution in [3.8, 4) is 21.8 Å². The van der Waals surface area contributed by atoms with Gasteiger partial charge in [0.2, 0.25) is 0 Å². The van der Waals surface area contributed by atoms with Crippen LogP contribution < -0.4 is 0 Å². The van der Waals surface area contributed by atoms with Crippen molar-refractivity contribution in [2.75, 3.05) is 0 Å². The zero-order chi connectivity index (χ0) is 17.4. The SMILES string of the molecule is CCc1ccc(-c2[nH]nc3nc(-c4cccs4)cc(C(=O)O)c23)cc1. The maximum absolute atomic E-state index is 11.9. The van der Waals surface area contributed by atoms with E-state index in [1.54, 1.807) is 6.07 Å². The van der Waals surface area contributed by atoms with Gasteiger partial charge < -0.3 is 5.11 Å². The Kier molecular flexibility index (Phi) is 3.82. The van der Waals surface area contributed by atoms with Crippen LogP contribution in [-0.4, -0.2) is 26.3 Å². The molecule has 0 atom stereocenters. The number of H-pyrrole nitrogens is 1. The Morgan fingerprint density at radius 1 is 1.24 bits per heavy atom. The highest BCUT2D eigenvalue weighted by atomic mass is 32.1. The summed E-state index contributed by atoms with van der Waals surface area (Å²) in [6, 6.07) is 13.5. The topological polar surface area (TPSA) is 78.9 Å². The quantitative estimate of drug-likeness (QED) is 0.564. The molecule has 0 aliphatic rings. The molecular formula is C19H15N3O2S. The second-order valence-corrected chi connectivity index (χ2v) is 6.63. The smallest absolute Gasteiger partial charge is 0.336 e. The van der Waals surface area contributed by atoms with E-state index in [1.165, 1.54) is 16.9 Å². The summed E-state index contributed by atoms with van der Waals surface area (Å²) in [6.07, 6.45) is 0.954. The summed E-state index contributed by atoms with van der Waals surface area (Å²) in [7, 11) is 0. The molecule has 4 rings (SSSR count). The van der Waals surface area contributed by atoms with Crippen LogP contribution in [-0.2, 0) is 6.42 Å². The van der Waals surface area contributed by atoms with Crippen LogP contribution in [0, 0.1) is 0 Å². The lowest BCUT2D eigenvalue weighted by molar-refractivity contribution is 0.0699. The maximum atomic E-state index is 11.9. The van der Waals surface area contributed by atoms with Crippen LogP contribution >= 0.6 is 11.3 Å². The van der Waals surface area contributed by atoms with Crippen molar-refractivity contribution in [2.45, 2.75) is 13.3 Å². The highest BCUT2D eigenvalue weighted by molar-refractivity contribution is 7.13. The van der Waals surface area contributed by atoms with Crippen LogP contribution in [0.5, 0.6) is 0 Å². The Morgan fingerprint density at radius 2 is 2.04 bits per heavy atom. The number of aromatic amines is 1. The molecule has 3 aromatic heterocycles. The Hall–Kier alpha value is -2.99. The number of hydrogen-bond acceptors (Lipinski definition) is 4. The van der Waals surface area contributed by atoms with E-state index in [2.05, 4.69) is 22.1 Å². The van der Waals surface area contributed by atoms with Crippen LogP contribution in [0.4, 0.5) is 0 Å². The number of fused-ring (bicyclic) bond motifs is 1. The minimum Gasteiger partial charge on any atom is -0.478 e. The average molecular weight is 349 g/mol. The van der Waals surface area contributed by atoms with E-state index in [4.69, 9.17) is 0 Å². The Balaban J connectivity index is 1.93. The molecule has 2 N–H and O–H groups in total. The van der Waals surface area contributed by atoms with Gasteiger partial charge >= 0.3 is 5.97 Å². The Morgan fingerprint density at radius 3 is 2.68 bits per heavy atom. The molecule has 5 nitrogen and oxygen atoms in total. The number of pyridine rings is 1. The Bertz CT molecular complexity index is 1050. The molecule has 0 saturated heterocycles. The molecule has 124 valence electrons. The van der Waals surface area contributed by atoms with E-state index < -0.39 is 5.97 Å². The molecule has 0 radical (unpaired) electrons. The molecule has 1 aromatic carbocycles. The first-order valence-electron chi connectivity index (χ1n) is 7.93. The number of aromatic nitrogens is 3. The van der Waals surface area contributed by atoms with Crippen molar-refractivity contribution in [1.29, 1.82) is 0 Å². The molecule has 4 aromatic rings. The summed E-state index contributed by atoms with van der Waals surface area (Å²) in [6.45, 7) is 2.10. The third-order valence-corrected chi connectivity index (χ3v) is 5.07. The number of carbonyl (C=O) groups is 1. The van der Waals surface area contributed by atoms with Crippen LogP contribution in [0.2, 0.25) is 0 Å². The lowest BCUT2D eigenvalue weighted by Crippen LogP contribution is -2.00. The first-order chi connectivity index (χ1) is 12.2. The van der Waals surface area contributed by atoms with Crippen LogP contribution in [0.1, 0.15) is 22.8 Å². The predicted octanol–water partition coefficient (Wildman–Crippen LogP) is 4.61. The number of benzene rings is 1. The van der Waals surface area contributed by atoms with E-state index in [9.17, 15) is 9.90 Å². The molecule has 0 spiro atoms. The number of nitrogens with zero attached hydrogens (tertiary/aromatic N) is 2.